The number of hydrogen-bond acceptors (Lipinski definition) is 2. The molecule has 1 aromatic heterocycles. The Hall–Kier alpha value is -1.61. The third-order valence-corrected chi connectivity index (χ3v) is 3.27. The Kier molecular flexibility index (Phi) is 3.29. The van der Waals surface area contributed by atoms with Crippen LogP contribution in [-0.2, 0) is 6.54 Å². The maximum absolute atomic E-state index is 10.4. The standard InChI is InChI=1S/C14H18N2O/c1-4-16-13(8-9-15-16)14(17)12-7-5-6-10(2)11(12)3/h5-9,14,17H,4H2,1-3H3. The van der Waals surface area contributed by atoms with Crippen molar-refractivity contribution in [2.24, 2.45) is 0 Å². The third-order valence-electron chi connectivity index (χ3n) is 3.27. The van der Waals surface area contributed by atoms with Crippen molar-refractivity contribution in [3.05, 3.63) is 52.8 Å². The van der Waals surface area contributed by atoms with Gasteiger partial charge in [-0.05, 0) is 43.5 Å². The molecule has 0 aliphatic carbocycles. The number of benzene rings is 1. The molecule has 1 atom stereocenters. The van der Waals surface area contributed by atoms with Gasteiger partial charge in [0.15, 0.2) is 0 Å². The summed E-state index contributed by atoms with van der Waals surface area (Å²) in [5.74, 6) is 0. The highest BCUT2D eigenvalue weighted by Crippen LogP contribution is 2.26. The van der Waals surface area contributed by atoms with Crippen molar-refractivity contribution in [3.63, 3.8) is 0 Å². The lowest BCUT2D eigenvalue weighted by atomic mass is 9.97. The summed E-state index contributed by atoms with van der Waals surface area (Å²) in [4.78, 5) is 0. The summed E-state index contributed by atoms with van der Waals surface area (Å²) in [5, 5.41) is 14.6. The fraction of sp³-hybridized carbons (Fsp3) is 0.357. The zero-order valence-electron chi connectivity index (χ0n) is 10.5. The van der Waals surface area contributed by atoms with Crippen LogP contribution in [0.5, 0.6) is 0 Å². The fourth-order valence-corrected chi connectivity index (χ4v) is 2.07. The van der Waals surface area contributed by atoms with E-state index < -0.39 is 6.10 Å². The summed E-state index contributed by atoms with van der Waals surface area (Å²) in [6, 6.07) is 7.88. The highest BCUT2D eigenvalue weighted by atomic mass is 16.3. The molecule has 0 radical (unpaired) electrons. The van der Waals surface area contributed by atoms with E-state index in [0.29, 0.717) is 0 Å². The van der Waals surface area contributed by atoms with Gasteiger partial charge in [-0.2, -0.15) is 5.10 Å². The molecule has 90 valence electrons. The van der Waals surface area contributed by atoms with E-state index in [1.807, 2.05) is 36.7 Å². The number of hydrogen-bond donors (Lipinski definition) is 1. The van der Waals surface area contributed by atoms with Gasteiger partial charge >= 0.3 is 0 Å². The van der Waals surface area contributed by atoms with Crippen LogP contribution >= 0.6 is 0 Å². The number of aryl methyl sites for hydroxylation is 2. The Labute approximate surface area is 102 Å². The number of rotatable bonds is 3. The van der Waals surface area contributed by atoms with Gasteiger partial charge < -0.3 is 5.11 Å². The van der Waals surface area contributed by atoms with E-state index in [4.69, 9.17) is 0 Å². The smallest absolute Gasteiger partial charge is 0.121 e. The molecule has 0 bridgehead atoms. The van der Waals surface area contributed by atoms with E-state index in [1.165, 1.54) is 5.56 Å². The molecule has 0 aliphatic rings. The first-order chi connectivity index (χ1) is 8.15. The Morgan fingerprint density at radius 3 is 2.76 bits per heavy atom. The second-order valence-corrected chi connectivity index (χ2v) is 4.26. The lowest BCUT2D eigenvalue weighted by Gasteiger charge is -2.16. The van der Waals surface area contributed by atoms with Crippen LogP contribution in [0.4, 0.5) is 0 Å². The molecule has 3 nitrogen and oxygen atoms in total. The van der Waals surface area contributed by atoms with Gasteiger partial charge in [-0.25, -0.2) is 0 Å². The molecule has 0 fully saturated rings. The van der Waals surface area contributed by atoms with E-state index in [1.54, 1.807) is 6.20 Å². The van der Waals surface area contributed by atoms with Gasteiger partial charge in [-0.3, -0.25) is 4.68 Å². The first-order valence-corrected chi connectivity index (χ1v) is 5.91. The van der Waals surface area contributed by atoms with Gasteiger partial charge in [-0.1, -0.05) is 18.2 Å². The van der Waals surface area contributed by atoms with Crippen LogP contribution < -0.4 is 0 Å². The van der Waals surface area contributed by atoms with E-state index >= 15 is 0 Å². The molecule has 17 heavy (non-hydrogen) atoms. The van der Waals surface area contributed by atoms with Crippen molar-refractivity contribution in [2.75, 3.05) is 0 Å². The minimum atomic E-state index is -0.600. The van der Waals surface area contributed by atoms with Crippen LogP contribution in [-0.4, -0.2) is 14.9 Å². The van der Waals surface area contributed by atoms with Crippen molar-refractivity contribution in [1.82, 2.24) is 9.78 Å². The molecule has 0 saturated heterocycles. The fourth-order valence-electron chi connectivity index (χ4n) is 2.07. The van der Waals surface area contributed by atoms with E-state index in [-0.39, 0.29) is 0 Å². The second-order valence-electron chi connectivity index (χ2n) is 4.26. The van der Waals surface area contributed by atoms with Crippen LogP contribution in [0.25, 0.3) is 0 Å². The largest absolute Gasteiger partial charge is 0.382 e. The average molecular weight is 230 g/mol. The normalized spacial score (nSPS) is 12.7. The van der Waals surface area contributed by atoms with Crippen LogP contribution in [0.2, 0.25) is 0 Å². The number of nitrogens with zero attached hydrogens (tertiary/aromatic N) is 2. The SMILES string of the molecule is CCn1nccc1C(O)c1cccc(C)c1C. The molecule has 0 saturated carbocycles. The minimum absolute atomic E-state index is 0.600. The van der Waals surface area contributed by atoms with Gasteiger partial charge in [0.1, 0.15) is 6.10 Å². The monoisotopic (exact) mass is 230 g/mol. The van der Waals surface area contributed by atoms with Crippen molar-refractivity contribution >= 4 is 0 Å². The molecule has 0 aliphatic heterocycles. The number of aromatic nitrogens is 2. The van der Waals surface area contributed by atoms with Gasteiger partial charge in [0, 0.05) is 12.7 Å². The molecule has 1 unspecified atom stereocenters. The van der Waals surface area contributed by atoms with Crippen LogP contribution in [0, 0.1) is 13.8 Å². The van der Waals surface area contributed by atoms with Crippen molar-refractivity contribution < 1.29 is 5.11 Å². The molecule has 2 aromatic rings. The Balaban J connectivity index is 2.44. The van der Waals surface area contributed by atoms with Crippen LogP contribution in [0.3, 0.4) is 0 Å². The minimum Gasteiger partial charge on any atom is -0.382 e. The third kappa shape index (κ3) is 2.11. The molecule has 0 amide bonds. The Bertz CT molecular complexity index is 517. The van der Waals surface area contributed by atoms with Gasteiger partial charge in [0.05, 0.1) is 5.69 Å². The summed E-state index contributed by atoms with van der Waals surface area (Å²) >= 11 is 0. The lowest BCUT2D eigenvalue weighted by Crippen LogP contribution is -2.10. The zero-order chi connectivity index (χ0) is 12.4. The second kappa shape index (κ2) is 4.72. The average Bonchev–Trinajstić information content (AvgIpc) is 2.80. The van der Waals surface area contributed by atoms with Gasteiger partial charge in [-0.15, -0.1) is 0 Å². The molecule has 2 rings (SSSR count). The first kappa shape index (κ1) is 11.9. The van der Waals surface area contributed by atoms with Crippen molar-refractivity contribution in [2.45, 2.75) is 33.4 Å². The Morgan fingerprint density at radius 2 is 2.06 bits per heavy atom. The quantitative estimate of drug-likeness (QED) is 0.880. The maximum Gasteiger partial charge on any atom is 0.121 e. The molecular weight excluding hydrogens is 212 g/mol. The van der Waals surface area contributed by atoms with E-state index in [9.17, 15) is 5.11 Å². The first-order valence-electron chi connectivity index (χ1n) is 5.91. The lowest BCUT2D eigenvalue weighted by molar-refractivity contribution is 0.207. The van der Waals surface area contributed by atoms with Crippen molar-refractivity contribution in [3.8, 4) is 0 Å². The summed E-state index contributed by atoms with van der Waals surface area (Å²) in [5.41, 5.74) is 4.15. The molecule has 1 N–H and O–H groups in total. The maximum atomic E-state index is 10.4. The number of aliphatic hydroxyl groups excluding tert-OH is 1. The predicted molar refractivity (Wildman–Crippen MR) is 67.9 cm³/mol. The van der Waals surface area contributed by atoms with Crippen LogP contribution in [0.15, 0.2) is 30.5 Å². The van der Waals surface area contributed by atoms with Crippen LogP contribution in [0.1, 0.15) is 35.4 Å². The highest BCUT2D eigenvalue weighted by molar-refractivity contribution is 5.37. The summed E-state index contributed by atoms with van der Waals surface area (Å²) in [6.07, 6.45) is 1.13. The summed E-state index contributed by atoms with van der Waals surface area (Å²) < 4.78 is 1.83. The molecular formula is C14H18N2O. The molecule has 1 aromatic carbocycles. The van der Waals surface area contributed by atoms with E-state index in [2.05, 4.69) is 18.1 Å². The Morgan fingerprint density at radius 1 is 1.29 bits per heavy atom. The highest BCUT2D eigenvalue weighted by Gasteiger charge is 2.17. The summed E-state index contributed by atoms with van der Waals surface area (Å²) in [7, 11) is 0. The van der Waals surface area contributed by atoms with E-state index in [0.717, 1.165) is 23.4 Å². The van der Waals surface area contributed by atoms with Gasteiger partial charge in [0.25, 0.3) is 0 Å². The molecule has 1 heterocycles. The molecule has 0 spiro atoms. The molecule has 3 heteroatoms. The van der Waals surface area contributed by atoms with Crippen molar-refractivity contribution in [1.29, 1.82) is 0 Å². The topological polar surface area (TPSA) is 38.0 Å². The van der Waals surface area contributed by atoms with Gasteiger partial charge in [0.2, 0.25) is 0 Å². The number of aliphatic hydroxyl groups is 1. The summed E-state index contributed by atoms with van der Waals surface area (Å²) in [6.45, 7) is 6.89. The predicted octanol–water partition coefficient (Wildman–Crippen LogP) is 2.60. The zero-order valence-corrected chi connectivity index (χ0v) is 10.5.